The molecule has 2 heterocycles. The Balaban J connectivity index is 1.26. The monoisotopic (exact) mass is 377 g/mol. The Morgan fingerprint density at radius 1 is 1.11 bits per heavy atom. The molecule has 2 aromatic carbocycles. The highest BCUT2D eigenvalue weighted by molar-refractivity contribution is 7.99. The number of ketones is 1. The van der Waals surface area contributed by atoms with Gasteiger partial charge in [0.05, 0.1) is 16.6 Å². The van der Waals surface area contributed by atoms with Crippen molar-refractivity contribution in [1.82, 2.24) is 9.97 Å². The molecule has 0 aliphatic carbocycles. The van der Waals surface area contributed by atoms with Gasteiger partial charge >= 0.3 is 0 Å². The first-order valence-corrected chi connectivity index (χ1v) is 9.95. The van der Waals surface area contributed by atoms with Crippen molar-refractivity contribution >= 4 is 39.8 Å². The van der Waals surface area contributed by atoms with E-state index in [9.17, 15) is 9.59 Å². The van der Waals surface area contributed by atoms with Crippen molar-refractivity contribution in [2.24, 2.45) is 4.99 Å². The average molecular weight is 377 g/mol. The molecule has 0 radical (unpaired) electrons. The lowest BCUT2D eigenvalue weighted by atomic mass is 10.0. The van der Waals surface area contributed by atoms with Crippen LogP contribution in [-0.2, 0) is 11.2 Å². The maximum Gasteiger partial charge on any atom is 0.259 e. The summed E-state index contributed by atoms with van der Waals surface area (Å²) < 4.78 is 0. The highest BCUT2D eigenvalue weighted by Crippen LogP contribution is 2.27. The van der Waals surface area contributed by atoms with Crippen LogP contribution in [0.25, 0.3) is 10.9 Å². The molecular weight excluding hydrogens is 358 g/mol. The Kier molecular flexibility index (Phi) is 5.16. The minimum atomic E-state index is -0.127. The number of hydrogen-bond acceptors (Lipinski definition) is 5. The molecule has 136 valence electrons. The molecule has 0 amide bonds. The van der Waals surface area contributed by atoms with E-state index in [1.54, 1.807) is 6.07 Å². The molecule has 0 atom stereocenters. The van der Waals surface area contributed by atoms with Crippen molar-refractivity contribution in [2.75, 3.05) is 5.75 Å². The average Bonchev–Trinajstić information content (AvgIpc) is 3.07. The van der Waals surface area contributed by atoms with E-state index in [4.69, 9.17) is 0 Å². The summed E-state index contributed by atoms with van der Waals surface area (Å²) in [6.45, 7) is 0. The Morgan fingerprint density at radius 2 is 1.93 bits per heavy atom. The number of Topliss-reactive ketones (excluding diaryl/α,β-unsaturated/α-hetero) is 1. The third-order valence-electron chi connectivity index (χ3n) is 4.50. The van der Waals surface area contributed by atoms with Gasteiger partial charge in [-0.3, -0.25) is 14.6 Å². The van der Waals surface area contributed by atoms with Crippen LogP contribution in [0.1, 0.15) is 24.8 Å². The fourth-order valence-corrected chi connectivity index (χ4v) is 4.00. The Hall–Kier alpha value is -2.73. The molecule has 1 aromatic heterocycles. The number of nitrogens with zero attached hydrogens (tertiary/aromatic N) is 2. The number of carbonyl (C=O) groups is 1. The number of aromatic nitrogens is 2. The second kappa shape index (κ2) is 7.88. The van der Waals surface area contributed by atoms with Crippen LogP contribution in [0.5, 0.6) is 0 Å². The highest BCUT2D eigenvalue weighted by Gasteiger charge is 2.16. The van der Waals surface area contributed by atoms with E-state index in [-0.39, 0.29) is 11.3 Å². The van der Waals surface area contributed by atoms with Gasteiger partial charge in [-0.2, -0.15) is 0 Å². The lowest BCUT2D eigenvalue weighted by Crippen LogP contribution is -2.09. The number of aliphatic imine (C=N–C) groups is 1. The molecular formula is C21H19N3O2S. The van der Waals surface area contributed by atoms with Crippen LogP contribution in [-0.4, -0.2) is 27.2 Å². The summed E-state index contributed by atoms with van der Waals surface area (Å²) in [5.74, 6) is 0.946. The molecule has 0 saturated carbocycles. The van der Waals surface area contributed by atoms with Crippen LogP contribution in [0.4, 0.5) is 5.69 Å². The molecule has 0 unspecified atom stereocenters. The summed E-state index contributed by atoms with van der Waals surface area (Å²) in [7, 11) is 0. The standard InChI is InChI=1S/C21H19N3O2S/c25-16(13-15-12-14-6-1-3-9-18(14)22-15)7-5-11-27-21-23-19-10-4-2-8-17(19)20(26)24-21/h1-4,6,8-10H,5,7,11-13H2,(H,23,24,26). The minimum Gasteiger partial charge on any atom is -0.301 e. The maximum absolute atomic E-state index is 12.2. The van der Waals surface area contributed by atoms with Gasteiger partial charge in [0.15, 0.2) is 5.16 Å². The van der Waals surface area contributed by atoms with E-state index < -0.39 is 0 Å². The Morgan fingerprint density at radius 3 is 2.81 bits per heavy atom. The van der Waals surface area contributed by atoms with E-state index in [1.807, 2.05) is 36.4 Å². The Bertz CT molecular complexity index is 1090. The lowest BCUT2D eigenvalue weighted by molar-refractivity contribution is -0.117. The summed E-state index contributed by atoms with van der Waals surface area (Å²) in [4.78, 5) is 36.1. The van der Waals surface area contributed by atoms with Gasteiger partial charge in [-0.1, -0.05) is 42.1 Å². The van der Waals surface area contributed by atoms with Gasteiger partial charge in [-0.15, -0.1) is 0 Å². The number of rotatable bonds is 7. The second-order valence-electron chi connectivity index (χ2n) is 6.54. The van der Waals surface area contributed by atoms with Gasteiger partial charge < -0.3 is 4.98 Å². The zero-order valence-corrected chi connectivity index (χ0v) is 15.6. The highest BCUT2D eigenvalue weighted by atomic mass is 32.2. The fraction of sp³-hybridized carbons (Fsp3) is 0.238. The van der Waals surface area contributed by atoms with Gasteiger partial charge in [0, 0.05) is 30.7 Å². The van der Waals surface area contributed by atoms with E-state index >= 15 is 0 Å². The van der Waals surface area contributed by atoms with Gasteiger partial charge in [0.25, 0.3) is 5.56 Å². The van der Waals surface area contributed by atoms with Crippen LogP contribution in [0.3, 0.4) is 0 Å². The second-order valence-corrected chi connectivity index (χ2v) is 7.62. The summed E-state index contributed by atoms with van der Waals surface area (Å²) >= 11 is 1.47. The predicted molar refractivity (Wildman–Crippen MR) is 109 cm³/mol. The number of H-pyrrole nitrogens is 1. The molecule has 1 N–H and O–H groups in total. The number of nitrogens with one attached hydrogen (secondary N) is 1. The van der Waals surface area contributed by atoms with Crippen molar-refractivity contribution in [3.63, 3.8) is 0 Å². The number of thioether (sulfide) groups is 1. The van der Waals surface area contributed by atoms with Crippen LogP contribution in [0.2, 0.25) is 0 Å². The first kappa shape index (κ1) is 17.7. The number of fused-ring (bicyclic) bond motifs is 2. The molecule has 5 nitrogen and oxygen atoms in total. The zero-order chi connectivity index (χ0) is 18.6. The van der Waals surface area contributed by atoms with Crippen LogP contribution < -0.4 is 5.56 Å². The molecule has 3 aromatic rings. The summed E-state index contributed by atoms with van der Waals surface area (Å²) in [5, 5.41) is 1.19. The molecule has 0 spiro atoms. The van der Waals surface area contributed by atoms with Crippen molar-refractivity contribution < 1.29 is 4.79 Å². The van der Waals surface area contributed by atoms with Crippen LogP contribution in [0, 0.1) is 0 Å². The zero-order valence-electron chi connectivity index (χ0n) is 14.8. The molecule has 4 rings (SSSR count). The topological polar surface area (TPSA) is 75.2 Å². The van der Waals surface area contributed by atoms with Crippen molar-refractivity contribution in [1.29, 1.82) is 0 Å². The first-order chi connectivity index (χ1) is 13.2. The minimum absolute atomic E-state index is 0.127. The number of carbonyl (C=O) groups excluding carboxylic acids is 1. The summed E-state index contributed by atoms with van der Waals surface area (Å²) in [6.07, 6.45) is 2.46. The molecule has 0 bridgehead atoms. The third kappa shape index (κ3) is 4.17. The van der Waals surface area contributed by atoms with Crippen LogP contribution in [0.15, 0.2) is 63.5 Å². The molecule has 6 heteroatoms. The molecule has 1 aliphatic rings. The Labute approximate surface area is 160 Å². The van der Waals surface area contributed by atoms with Gasteiger partial charge in [-0.05, 0) is 30.2 Å². The van der Waals surface area contributed by atoms with E-state index in [0.717, 1.165) is 30.0 Å². The normalized spacial score (nSPS) is 12.8. The number of aromatic amines is 1. The van der Waals surface area contributed by atoms with Crippen molar-refractivity contribution in [3.05, 3.63) is 64.4 Å². The van der Waals surface area contributed by atoms with Crippen molar-refractivity contribution in [2.45, 2.75) is 30.8 Å². The van der Waals surface area contributed by atoms with Gasteiger partial charge in [0.1, 0.15) is 5.78 Å². The summed E-state index contributed by atoms with van der Waals surface area (Å²) in [6, 6.07) is 15.3. The van der Waals surface area contributed by atoms with E-state index in [2.05, 4.69) is 21.0 Å². The predicted octanol–water partition coefficient (Wildman–Crippen LogP) is 4.08. The molecule has 0 saturated heterocycles. The fourth-order valence-electron chi connectivity index (χ4n) is 3.19. The maximum atomic E-state index is 12.2. The molecule has 1 aliphatic heterocycles. The number of hydrogen-bond donors (Lipinski definition) is 1. The lowest BCUT2D eigenvalue weighted by Gasteiger charge is -2.03. The smallest absolute Gasteiger partial charge is 0.259 e. The first-order valence-electron chi connectivity index (χ1n) is 8.97. The van der Waals surface area contributed by atoms with E-state index in [1.165, 1.54) is 17.3 Å². The largest absolute Gasteiger partial charge is 0.301 e. The number of para-hydroxylation sites is 2. The molecule has 0 fully saturated rings. The quantitative estimate of drug-likeness (QED) is 0.382. The third-order valence-corrected chi connectivity index (χ3v) is 5.46. The van der Waals surface area contributed by atoms with Crippen molar-refractivity contribution in [3.8, 4) is 0 Å². The van der Waals surface area contributed by atoms with Crippen LogP contribution >= 0.6 is 11.8 Å². The van der Waals surface area contributed by atoms with Gasteiger partial charge in [0.2, 0.25) is 0 Å². The van der Waals surface area contributed by atoms with E-state index in [0.29, 0.717) is 28.9 Å². The molecule has 27 heavy (non-hydrogen) atoms. The summed E-state index contributed by atoms with van der Waals surface area (Å²) in [5.41, 5.74) is 3.70. The number of benzene rings is 2. The SMILES string of the molecule is O=C(CCCSc1nc2ccccc2c(=O)[nH]1)CC1=Nc2ccccc2C1. The van der Waals surface area contributed by atoms with Gasteiger partial charge in [-0.25, -0.2) is 4.98 Å².